The van der Waals surface area contributed by atoms with Gasteiger partial charge < -0.3 is 5.73 Å². The number of carbonyl (C=O) groups is 2. The second-order valence-corrected chi connectivity index (χ2v) is 6.03. The van der Waals surface area contributed by atoms with Crippen LogP contribution in [0.25, 0.3) is 0 Å². The van der Waals surface area contributed by atoms with Gasteiger partial charge in [-0.1, -0.05) is 0 Å². The molecule has 1 atom stereocenters. The summed E-state index contributed by atoms with van der Waals surface area (Å²) in [5.41, 5.74) is 5.91. The van der Waals surface area contributed by atoms with Crippen molar-refractivity contribution in [1.82, 2.24) is 9.78 Å². The van der Waals surface area contributed by atoms with Gasteiger partial charge in [-0.3, -0.25) is 14.5 Å². The zero-order chi connectivity index (χ0) is 14.4. The van der Waals surface area contributed by atoms with Gasteiger partial charge in [0.15, 0.2) is 0 Å². The largest absolute Gasteiger partial charge is 0.369 e. The standard InChI is InChI=1S/C13H20N4O2/c1-8-5-10(17(15-8)13(2,3)4)16-7-9(12(14)19)6-11(16)18/h5,9H,6-7H2,1-4H3,(H2,14,19). The zero-order valence-electron chi connectivity index (χ0n) is 11.8. The molecule has 2 amide bonds. The smallest absolute Gasteiger partial charge is 0.229 e. The fraction of sp³-hybridized carbons (Fsp3) is 0.615. The Morgan fingerprint density at radius 3 is 2.58 bits per heavy atom. The van der Waals surface area contributed by atoms with Gasteiger partial charge in [-0.15, -0.1) is 0 Å². The van der Waals surface area contributed by atoms with Gasteiger partial charge in [-0.2, -0.15) is 5.10 Å². The molecule has 104 valence electrons. The predicted molar refractivity (Wildman–Crippen MR) is 71.6 cm³/mol. The molecule has 6 heteroatoms. The van der Waals surface area contributed by atoms with Gasteiger partial charge in [-0.25, -0.2) is 4.68 Å². The first-order chi connectivity index (χ1) is 8.70. The Kier molecular flexibility index (Phi) is 3.12. The Morgan fingerprint density at radius 1 is 1.47 bits per heavy atom. The van der Waals surface area contributed by atoms with Crippen molar-refractivity contribution in [3.8, 4) is 0 Å². The highest BCUT2D eigenvalue weighted by atomic mass is 16.2. The summed E-state index contributed by atoms with van der Waals surface area (Å²) in [6.07, 6.45) is 0.184. The van der Waals surface area contributed by atoms with E-state index in [0.717, 1.165) is 11.5 Å². The van der Waals surface area contributed by atoms with E-state index >= 15 is 0 Å². The minimum atomic E-state index is -0.422. The molecular formula is C13H20N4O2. The third-order valence-electron chi connectivity index (χ3n) is 3.25. The summed E-state index contributed by atoms with van der Waals surface area (Å²) in [6.45, 7) is 8.30. The first-order valence-corrected chi connectivity index (χ1v) is 6.37. The lowest BCUT2D eigenvalue weighted by molar-refractivity contribution is -0.123. The highest BCUT2D eigenvalue weighted by molar-refractivity contribution is 5.99. The Labute approximate surface area is 112 Å². The van der Waals surface area contributed by atoms with E-state index in [-0.39, 0.29) is 17.9 Å². The van der Waals surface area contributed by atoms with Crippen molar-refractivity contribution in [2.24, 2.45) is 11.7 Å². The zero-order valence-corrected chi connectivity index (χ0v) is 11.8. The monoisotopic (exact) mass is 264 g/mol. The highest BCUT2D eigenvalue weighted by Gasteiger charge is 2.36. The van der Waals surface area contributed by atoms with Gasteiger partial charge in [0.2, 0.25) is 11.8 Å². The molecule has 1 fully saturated rings. The summed E-state index contributed by atoms with van der Waals surface area (Å²) in [7, 11) is 0. The fourth-order valence-electron chi connectivity index (χ4n) is 2.29. The topological polar surface area (TPSA) is 81.2 Å². The molecule has 2 N–H and O–H groups in total. The molecule has 1 unspecified atom stereocenters. The minimum absolute atomic E-state index is 0.0748. The normalized spacial score (nSPS) is 20.1. The first-order valence-electron chi connectivity index (χ1n) is 6.37. The van der Waals surface area contributed by atoms with Crippen LogP contribution in [0, 0.1) is 12.8 Å². The van der Waals surface area contributed by atoms with Crippen LogP contribution in [-0.2, 0) is 15.1 Å². The van der Waals surface area contributed by atoms with E-state index in [4.69, 9.17) is 5.73 Å². The lowest BCUT2D eigenvalue weighted by atomic mass is 10.1. The van der Waals surface area contributed by atoms with Gasteiger partial charge in [0, 0.05) is 19.0 Å². The average Bonchev–Trinajstić information content (AvgIpc) is 2.80. The molecule has 1 aromatic heterocycles. The molecule has 1 aromatic rings. The number of aryl methyl sites for hydroxylation is 1. The minimum Gasteiger partial charge on any atom is -0.369 e. The van der Waals surface area contributed by atoms with Crippen LogP contribution in [0.4, 0.5) is 5.82 Å². The van der Waals surface area contributed by atoms with Crippen LogP contribution < -0.4 is 10.6 Å². The van der Waals surface area contributed by atoms with Crippen molar-refractivity contribution in [3.63, 3.8) is 0 Å². The van der Waals surface area contributed by atoms with Crippen molar-refractivity contribution in [2.75, 3.05) is 11.4 Å². The molecule has 1 saturated heterocycles. The number of hydrogen-bond acceptors (Lipinski definition) is 3. The Morgan fingerprint density at radius 2 is 2.11 bits per heavy atom. The summed E-state index contributed by atoms with van der Waals surface area (Å²) in [5, 5.41) is 4.44. The number of hydrogen-bond donors (Lipinski definition) is 1. The molecule has 0 radical (unpaired) electrons. The predicted octanol–water partition coefficient (Wildman–Crippen LogP) is 0.785. The molecule has 6 nitrogen and oxygen atoms in total. The van der Waals surface area contributed by atoms with Crippen molar-refractivity contribution < 1.29 is 9.59 Å². The van der Waals surface area contributed by atoms with Crippen LogP contribution in [0.1, 0.15) is 32.9 Å². The van der Waals surface area contributed by atoms with Crippen LogP contribution in [0.3, 0.4) is 0 Å². The first kappa shape index (κ1) is 13.6. The van der Waals surface area contributed by atoms with E-state index in [1.54, 1.807) is 4.90 Å². The summed E-state index contributed by atoms with van der Waals surface area (Å²) in [4.78, 5) is 24.9. The molecule has 1 aliphatic heterocycles. The number of nitrogens with zero attached hydrogens (tertiary/aromatic N) is 3. The second kappa shape index (κ2) is 4.36. The highest BCUT2D eigenvalue weighted by Crippen LogP contribution is 2.29. The molecule has 2 rings (SSSR count). The van der Waals surface area contributed by atoms with E-state index in [0.29, 0.717) is 6.54 Å². The number of carbonyl (C=O) groups excluding carboxylic acids is 2. The molecule has 2 heterocycles. The maximum Gasteiger partial charge on any atom is 0.229 e. The molecule has 1 aliphatic rings. The van der Waals surface area contributed by atoms with Crippen molar-refractivity contribution in [1.29, 1.82) is 0 Å². The molecule has 0 spiro atoms. The van der Waals surface area contributed by atoms with Crippen LogP contribution >= 0.6 is 0 Å². The van der Waals surface area contributed by atoms with Gasteiger partial charge in [0.25, 0.3) is 0 Å². The molecule has 0 aliphatic carbocycles. The van der Waals surface area contributed by atoms with Crippen LogP contribution in [0.2, 0.25) is 0 Å². The molecule has 19 heavy (non-hydrogen) atoms. The third-order valence-corrected chi connectivity index (χ3v) is 3.25. The van der Waals surface area contributed by atoms with E-state index in [1.807, 2.05) is 38.4 Å². The van der Waals surface area contributed by atoms with Crippen molar-refractivity contribution >= 4 is 17.6 Å². The van der Waals surface area contributed by atoms with Gasteiger partial charge in [0.05, 0.1) is 17.2 Å². The number of anilines is 1. The Bertz CT molecular complexity index is 527. The molecule has 0 saturated carbocycles. The van der Waals surface area contributed by atoms with Gasteiger partial charge >= 0.3 is 0 Å². The van der Waals surface area contributed by atoms with Gasteiger partial charge in [0.1, 0.15) is 5.82 Å². The number of aromatic nitrogens is 2. The maximum atomic E-state index is 12.1. The van der Waals surface area contributed by atoms with Gasteiger partial charge in [-0.05, 0) is 27.7 Å². The van der Waals surface area contributed by atoms with Crippen molar-refractivity contribution in [2.45, 2.75) is 39.7 Å². The Balaban J connectivity index is 2.38. The lowest BCUT2D eigenvalue weighted by Crippen LogP contribution is -2.33. The summed E-state index contributed by atoms with van der Waals surface area (Å²) in [5.74, 6) is -0.168. The van der Waals surface area contributed by atoms with Crippen molar-refractivity contribution in [3.05, 3.63) is 11.8 Å². The average molecular weight is 264 g/mol. The summed E-state index contributed by atoms with van der Waals surface area (Å²) < 4.78 is 1.82. The number of amides is 2. The SMILES string of the molecule is Cc1cc(N2CC(C(N)=O)CC2=O)n(C(C)(C)C)n1. The molecular weight excluding hydrogens is 244 g/mol. The molecule has 0 bridgehead atoms. The quantitative estimate of drug-likeness (QED) is 0.857. The number of rotatable bonds is 2. The Hall–Kier alpha value is -1.85. The van der Waals surface area contributed by atoms with E-state index < -0.39 is 11.8 Å². The maximum absolute atomic E-state index is 12.1. The van der Waals surface area contributed by atoms with Crippen LogP contribution in [0.15, 0.2) is 6.07 Å². The van der Waals surface area contributed by atoms with E-state index in [9.17, 15) is 9.59 Å². The molecule has 0 aromatic carbocycles. The van der Waals surface area contributed by atoms with Crippen LogP contribution in [0.5, 0.6) is 0 Å². The number of nitrogens with two attached hydrogens (primary N) is 1. The number of primary amides is 1. The van der Waals surface area contributed by atoms with Crippen LogP contribution in [-0.4, -0.2) is 28.1 Å². The summed E-state index contributed by atoms with van der Waals surface area (Å²) >= 11 is 0. The van der Waals surface area contributed by atoms with E-state index in [1.165, 1.54) is 0 Å². The second-order valence-electron chi connectivity index (χ2n) is 6.03. The summed E-state index contributed by atoms with van der Waals surface area (Å²) in [6, 6.07) is 1.87. The third kappa shape index (κ3) is 2.47. The fourth-order valence-corrected chi connectivity index (χ4v) is 2.29. The van der Waals surface area contributed by atoms with E-state index in [2.05, 4.69) is 5.10 Å². The lowest BCUT2D eigenvalue weighted by Gasteiger charge is -2.26.